The summed E-state index contributed by atoms with van der Waals surface area (Å²) in [4.78, 5) is 11.9. The van der Waals surface area contributed by atoms with E-state index in [1.165, 1.54) is 6.42 Å². The van der Waals surface area contributed by atoms with E-state index in [9.17, 15) is 0 Å². The maximum Gasteiger partial charge on any atom is 0.230 e. The highest BCUT2D eigenvalue weighted by molar-refractivity contribution is 5.21. The van der Waals surface area contributed by atoms with Gasteiger partial charge in [-0.15, -0.1) is 0 Å². The molecule has 1 aliphatic carbocycles. The van der Waals surface area contributed by atoms with E-state index in [4.69, 9.17) is 19.2 Å². The molecule has 4 aliphatic rings. The van der Waals surface area contributed by atoms with Crippen LogP contribution >= 0.6 is 0 Å². The Morgan fingerprint density at radius 3 is 2.71 bits per heavy atom. The topological polar surface area (TPSA) is 36.9 Å². The van der Waals surface area contributed by atoms with Gasteiger partial charge >= 0.3 is 0 Å². The molecule has 114 valence electrons. The minimum absolute atomic E-state index is 0.362. The second kappa shape index (κ2) is 5.06. The van der Waals surface area contributed by atoms with E-state index in [1.807, 2.05) is 30.3 Å². The SMILES string of the molecule is COC1O[C@@]2(c3ccccc3)CC[C@H]3CCCC[C@@]13OO2. The lowest BCUT2D eigenvalue weighted by molar-refractivity contribution is -0.558. The van der Waals surface area contributed by atoms with E-state index in [0.717, 1.165) is 37.7 Å². The molecule has 0 aromatic heterocycles. The van der Waals surface area contributed by atoms with Crippen LogP contribution in [0, 0.1) is 5.92 Å². The fourth-order valence-electron chi connectivity index (χ4n) is 4.19. The number of benzene rings is 1. The van der Waals surface area contributed by atoms with Gasteiger partial charge in [-0.1, -0.05) is 43.2 Å². The van der Waals surface area contributed by atoms with Crippen molar-refractivity contribution in [2.75, 3.05) is 7.11 Å². The molecule has 2 bridgehead atoms. The van der Waals surface area contributed by atoms with Crippen LogP contribution in [-0.4, -0.2) is 19.0 Å². The number of hydrogen-bond donors (Lipinski definition) is 0. The van der Waals surface area contributed by atoms with Crippen molar-refractivity contribution in [2.24, 2.45) is 5.92 Å². The summed E-state index contributed by atoms with van der Waals surface area (Å²) >= 11 is 0. The second-order valence-electron chi connectivity index (χ2n) is 6.41. The van der Waals surface area contributed by atoms with Crippen LogP contribution in [0.2, 0.25) is 0 Å². The number of methoxy groups -OCH3 is 1. The molecule has 3 aliphatic heterocycles. The number of rotatable bonds is 2. The Morgan fingerprint density at radius 1 is 1.05 bits per heavy atom. The average Bonchev–Trinajstić information content (AvgIpc) is 2.81. The lowest BCUT2D eigenvalue weighted by Gasteiger charge is -2.49. The molecule has 4 heteroatoms. The van der Waals surface area contributed by atoms with Gasteiger partial charge in [-0.25, -0.2) is 4.89 Å². The van der Waals surface area contributed by atoms with E-state index in [-0.39, 0.29) is 6.29 Å². The van der Waals surface area contributed by atoms with E-state index in [2.05, 4.69) is 0 Å². The lowest BCUT2D eigenvalue weighted by Crippen LogP contribution is -2.59. The summed E-state index contributed by atoms with van der Waals surface area (Å²) in [6, 6.07) is 10.1. The summed E-state index contributed by atoms with van der Waals surface area (Å²) in [5.41, 5.74) is 0.572. The second-order valence-corrected chi connectivity index (χ2v) is 6.41. The highest BCUT2D eigenvalue weighted by Crippen LogP contribution is 2.54. The molecular weight excluding hydrogens is 268 g/mol. The van der Waals surface area contributed by atoms with E-state index >= 15 is 0 Å². The van der Waals surface area contributed by atoms with Crippen molar-refractivity contribution in [1.29, 1.82) is 0 Å². The predicted octanol–water partition coefficient (Wildman–Crippen LogP) is 3.51. The van der Waals surface area contributed by atoms with Gasteiger partial charge in [-0.2, -0.15) is 4.89 Å². The van der Waals surface area contributed by atoms with Crippen LogP contribution in [0.1, 0.15) is 44.1 Å². The Bertz CT molecular complexity index is 501. The predicted molar refractivity (Wildman–Crippen MR) is 76.1 cm³/mol. The summed E-state index contributed by atoms with van der Waals surface area (Å²) in [6.45, 7) is 0. The van der Waals surface area contributed by atoms with Crippen LogP contribution in [0.5, 0.6) is 0 Å². The first-order valence-electron chi connectivity index (χ1n) is 7.92. The zero-order valence-corrected chi connectivity index (χ0v) is 12.4. The van der Waals surface area contributed by atoms with Crippen molar-refractivity contribution in [3.63, 3.8) is 0 Å². The van der Waals surface area contributed by atoms with Gasteiger partial charge in [0.15, 0.2) is 11.9 Å². The molecule has 3 saturated heterocycles. The molecule has 1 aromatic rings. The first kappa shape index (κ1) is 13.7. The van der Waals surface area contributed by atoms with Crippen molar-refractivity contribution in [3.8, 4) is 0 Å². The number of hydrogen-bond acceptors (Lipinski definition) is 4. The van der Waals surface area contributed by atoms with Gasteiger partial charge in [0.05, 0.1) is 0 Å². The van der Waals surface area contributed by atoms with Gasteiger partial charge < -0.3 is 9.47 Å². The molecule has 4 fully saturated rings. The van der Waals surface area contributed by atoms with Crippen molar-refractivity contribution < 1.29 is 19.2 Å². The lowest BCUT2D eigenvalue weighted by atomic mass is 9.73. The molecule has 0 amide bonds. The first-order valence-corrected chi connectivity index (χ1v) is 7.92. The molecule has 0 radical (unpaired) electrons. The van der Waals surface area contributed by atoms with E-state index in [1.54, 1.807) is 7.11 Å². The minimum Gasteiger partial charge on any atom is -0.353 e. The Hall–Kier alpha value is -0.940. The fraction of sp³-hybridized carbons (Fsp3) is 0.647. The molecule has 1 spiro atoms. The highest BCUT2D eigenvalue weighted by atomic mass is 17.3. The molecular formula is C17H22O4. The molecule has 5 rings (SSSR count). The summed E-state index contributed by atoms with van der Waals surface area (Å²) in [6.07, 6.45) is 6.00. The molecule has 0 N–H and O–H groups in total. The molecule has 21 heavy (non-hydrogen) atoms. The minimum atomic E-state index is -0.829. The van der Waals surface area contributed by atoms with Crippen molar-refractivity contribution in [2.45, 2.75) is 56.2 Å². The van der Waals surface area contributed by atoms with Crippen LogP contribution in [0.3, 0.4) is 0 Å². The summed E-state index contributed by atoms with van der Waals surface area (Å²) < 4.78 is 12.0. The van der Waals surface area contributed by atoms with E-state index < -0.39 is 11.4 Å². The van der Waals surface area contributed by atoms with Gasteiger partial charge in [-0.05, 0) is 25.2 Å². The molecule has 3 heterocycles. The van der Waals surface area contributed by atoms with Crippen molar-refractivity contribution in [3.05, 3.63) is 35.9 Å². The zero-order valence-electron chi connectivity index (χ0n) is 12.4. The molecule has 4 nitrogen and oxygen atoms in total. The monoisotopic (exact) mass is 290 g/mol. The van der Waals surface area contributed by atoms with Crippen molar-refractivity contribution >= 4 is 0 Å². The Morgan fingerprint density at radius 2 is 1.90 bits per heavy atom. The summed E-state index contributed by atoms with van der Waals surface area (Å²) in [5, 5.41) is 0. The van der Waals surface area contributed by atoms with Crippen molar-refractivity contribution in [1.82, 2.24) is 0 Å². The zero-order chi connectivity index (χ0) is 14.3. The van der Waals surface area contributed by atoms with E-state index in [0.29, 0.717) is 5.92 Å². The third-order valence-corrected chi connectivity index (χ3v) is 5.34. The number of fused-ring (bicyclic) bond motifs is 3. The largest absolute Gasteiger partial charge is 0.353 e. The van der Waals surface area contributed by atoms with Gasteiger partial charge in [0.25, 0.3) is 0 Å². The Kier molecular flexibility index (Phi) is 3.30. The maximum absolute atomic E-state index is 6.32. The summed E-state index contributed by atoms with van der Waals surface area (Å²) in [7, 11) is 1.70. The first-order chi connectivity index (χ1) is 10.3. The average molecular weight is 290 g/mol. The van der Waals surface area contributed by atoms with Crippen LogP contribution in [0.25, 0.3) is 0 Å². The fourth-order valence-corrected chi connectivity index (χ4v) is 4.19. The molecule has 1 unspecified atom stereocenters. The third kappa shape index (κ3) is 1.97. The number of ether oxygens (including phenoxy) is 2. The van der Waals surface area contributed by atoms with Gasteiger partial charge in [0.2, 0.25) is 5.79 Å². The Labute approximate surface area is 125 Å². The highest BCUT2D eigenvalue weighted by Gasteiger charge is 2.61. The standard InChI is InChI=1S/C17H22O4/c1-18-15-16-11-6-5-7-13(16)10-12-17(19-15,21-20-16)14-8-3-2-4-9-14/h2-4,8-9,13,15H,5-7,10-12H2,1H3/t13-,15?,16+,17+/m1/s1. The smallest absolute Gasteiger partial charge is 0.230 e. The van der Waals surface area contributed by atoms with Crippen LogP contribution in [0.4, 0.5) is 0 Å². The molecule has 1 saturated carbocycles. The van der Waals surface area contributed by atoms with Crippen LogP contribution in [0.15, 0.2) is 30.3 Å². The normalized spacial score (nSPS) is 42.3. The summed E-state index contributed by atoms with van der Waals surface area (Å²) in [5.74, 6) is -0.380. The Balaban J connectivity index is 1.74. The van der Waals surface area contributed by atoms with Crippen LogP contribution < -0.4 is 0 Å². The van der Waals surface area contributed by atoms with Gasteiger partial charge in [0, 0.05) is 19.1 Å². The van der Waals surface area contributed by atoms with Gasteiger partial charge in [0.1, 0.15) is 0 Å². The molecule has 4 atom stereocenters. The van der Waals surface area contributed by atoms with Crippen LogP contribution in [-0.2, 0) is 25.0 Å². The quantitative estimate of drug-likeness (QED) is 0.781. The molecule has 1 aromatic carbocycles. The maximum atomic E-state index is 6.32. The van der Waals surface area contributed by atoms with Gasteiger partial charge in [-0.3, -0.25) is 0 Å². The third-order valence-electron chi connectivity index (χ3n) is 5.34.